The summed E-state index contributed by atoms with van der Waals surface area (Å²) >= 11 is 5.32. The van der Waals surface area contributed by atoms with Gasteiger partial charge in [0.15, 0.2) is 0 Å². The van der Waals surface area contributed by atoms with E-state index in [1.807, 2.05) is 0 Å². The van der Waals surface area contributed by atoms with Crippen molar-refractivity contribution in [2.24, 2.45) is 0 Å². The summed E-state index contributed by atoms with van der Waals surface area (Å²) in [6, 6.07) is 0.978. The van der Waals surface area contributed by atoms with Crippen LogP contribution in [0.3, 0.4) is 0 Å². The van der Waals surface area contributed by atoms with Crippen LogP contribution in [0.15, 0.2) is 6.07 Å². The first-order valence-corrected chi connectivity index (χ1v) is 4.21. The molecule has 0 aromatic carbocycles. The summed E-state index contributed by atoms with van der Waals surface area (Å²) in [7, 11) is 1.22. The molecule has 6 heteroatoms. The van der Waals surface area contributed by atoms with Crippen LogP contribution in [0, 0.1) is 5.95 Å². The molecule has 0 amide bonds. The predicted octanol–water partition coefficient (Wildman–Crippen LogP) is 2.91. The molecular formula is C8H7ClF3NO. The normalized spacial score (nSPS) is 10.7. The molecule has 0 radical (unpaired) electrons. The summed E-state index contributed by atoms with van der Waals surface area (Å²) in [5.74, 6) is -1.55. The van der Waals surface area contributed by atoms with E-state index >= 15 is 0 Å². The maximum atomic E-state index is 13.0. The minimum atomic E-state index is -2.80. The minimum Gasteiger partial charge on any atom is -0.481 e. The zero-order chi connectivity index (χ0) is 10.7. The highest BCUT2D eigenvalue weighted by molar-refractivity contribution is 6.17. The highest BCUT2D eigenvalue weighted by Gasteiger charge is 2.19. The van der Waals surface area contributed by atoms with Crippen LogP contribution in [-0.2, 0) is 5.88 Å². The van der Waals surface area contributed by atoms with Crippen LogP contribution >= 0.6 is 11.6 Å². The lowest BCUT2D eigenvalue weighted by Crippen LogP contribution is -2.01. The van der Waals surface area contributed by atoms with E-state index in [0.717, 1.165) is 6.07 Å². The van der Waals surface area contributed by atoms with Gasteiger partial charge in [0.2, 0.25) is 11.8 Å². The van der Waals surface area contributed by atoms with Crippen molar-refractivity contribution in [3.05, 3.63) is 23.1 Å². The van der Waals surface area contributed by atoms with E-state index < -0.39 is 17.9 Å². The van der Waals surface area contributed by atoms with Crippen LogP contribution in [-0.4, -0.2) is 12.1 Å². The molecular weight excluding hydrogens is 219 g/mol. The summed E-state index contributed by atoms with van der Waals surface area (Å²) in [6.45, 7) is 0. The van der Waals surface area contributed by atoms with Gasteiger partial charge in [0.05, 0.1) is 13.0 Å². The number of ether oxygens (including phenoxy) is 1. The molecule has 2 nitrogen and oxygen atoms in total. The molecule has 1 rings (SSSR count). The fraction of sp³-hybridized carbons (Fsp3) is 0.375. The molecule has 0 saturated heterocycles. The van der Waals surface area contributed by atoms with Gasteiger partial charge in [-0.2, -0.15) is 9.37 Å². The largest absolute Gasteiger partial charge is 0.481 e. The average molecular weight is 226 g/mol. The first kappa shape index (κ1) is 11.1. The van der Waals surface area contributed by atoms with Gasteiger partial charge in [-0.25, -0.2) is 8.78 Å². The van der Waals surface area contributed by atoms with E-state index in [4.69, 9.17) is 11.6 Å². The highest BCUT2D eigenvalue weighted by Crippen LogP contribution is 2.28. The number of hydrogen-bond donors (Lipinski definition) is 0. The molecule has 1 aromatic heterocycles. The number of alkyl halides is 3. The van der Waals surface area contributed by atoms with Crippen molar-refractivity contribution >= 4 is 11.6 Å². The third-order valence-corrected chi connectivity index (χ3v) is 1.93. The van der Waals surface area contributed by atoms with Crippen molar-refractivity contribution in [3.63, 3.8) is 0 Å². The predicted molar refractivity (Wildman–Crippen MR) is 45.3 cm³/mol. The number of pyridine rings is 1. The smallest absolute Gasteiger partial charge is 0.264 e. The third kappa shape index (κ3) is 2.09. The Morgan fingerprint density at radius 2 is 2.21 bits per heavy atom. The van der Waals surface area contributed by atoms with Crippen LogP contribution in [0.2, 0.25) is 0 Å². The van der Waals surface area contributed by atoms with E-state index in [0.29, 0.717) is 0 Å². The zero-order valence-electron chi connectivity index (χ0n) is 7.23. The summed E-state index contributed by atoms with van der Waals surface area (Å²) < 4.78 is 42.4. The molecule has 1 heterocycles. The van der Waals surface area contributed by atoms with E-state index in [1.165, 1.54) is 7.11 Å². The van der Waals surface area contributed by atoms with E-state index in [1.54, 1.807) is 0 Å². The van der Waals surface area contributed by atoms with E-state index in [2.05, 4.69) is 9.72 Å². The van der Waals surface area contributed by atoms with Crippen molar-refractivity contribution in [1.29, 1.82) is 0 Å². The molecule has 0 spiro atoms. The molecule has 0 aliphatic carbocycles. The van der Waals surface area contributed by atoms with Crippen LogP contribution in [0.5, 0.6) is 5.88 Å². The number of hydrogen-bond acceptors (Lipinski definition) is 2. The second-order valence-electron chi connectivity index (χ2n) is 2.46. The van der Waals surface area contributed by atoms with Crippen LogP contribution in [0.4, 0.5) is 13.2 Å². The SMILES string of the molecule is COc1cc(C(F)F)c(CCl)c(F)n1. The van der Waals surface area contributed by atoms with Crippen LogP contribution in [0.1, 0.15) is 17.6 Å². The molecule has 14 heavy (non-hydrogen) atoms. The van der Waals surface area contributed by atoms with Gasteiger partial charge in [-0.1, -0.05) is 0 Å². The van der Waals surface area contributed by atoms with E-state index in [-0.39, 0.29) is 17.3 Å². The monoisotopic (exact) mass is 225 g/mol. The lowest BCUT2D eigenvalue weighted by Gasteiger charge is -2.08. The first-order chi connectivity index (χ1) is 6.60. The Morgan fingerprint density at radius 1 is 1.57 bits per heavy atom. The van der Waals surface area contributed by atoms with Crippen molar-refractivity contribution < 1.29 is 17.9 Å². The Bertz CT molecular complexity index is 333. The molecule has 0 aliphatic heterocycles. The first-order valence-electron chi connectivity index (χ1n) is 3.67. The van der Waals surface area contributed by atoms with Crippen molar-refractivity contribution in [1.82, 2.24) is 4.98 Å². The van der Waals surface area contributed by atoms with Gasteiger partial charge < -0.3 is 4.74 Å². The quantitative estimate of drug-likeness (QED) is 0.583. The van der Waals surface area contributed by atoms with Gasteiger partial charge in [0, 0.05) is 17.2 Å². The van der Waals surface area contributed by atoms with Gasteiger partial charge in [-0.05, 0) is 0 Å². The molecule has 0 aliphatic rings. The topological polar surface area (TPSA) is 22.1 Å². The summed E-state index contributed by atoms with van der Waals surface area (Å²) in [6.07, 6.45) is -2.80. The summed E-state index contributed by atoms with van der Waals surface area (Å²) in [5, 5.41) is 0. The van der Waals surface area contributed by atoms with Crippen LogP contribution < -0.4 is 4.74 Å². The molecule has 0 saturated carbocycles. The van der Waals surface area contributed by atoms with Crippen molar-refractivity contribution in [3.8, 4) is 5.88 Å². The maximum absolute atomic E-state index is 13.0. The van der Waals surface area contributed by atoms with Gasteiger partial charge in [0.25, 0.3) is 6.43 Å². The Balaban J connectivity index is 3.28. The lowest BCUT2D eigenvalue weighted by atomic mass is 10.1. The number of nitrogens with zero attached hydrogens (tertiary/aromatic N) is 1. The van der Waals surface area contributed by atoms with E-state index in [9.17, 15) is 13.2 Å². The van der Waals surface area contributed by atoms with Crippen LogP contribution in [0.25, 0.3) is 0 Å². The highest BCUT2D eigenvalue weighted by atomic mass is 35.5. The standard InChI is InChI=1S/C8H7ClF3NO/c1-14-6-2-4(7(10)11)5(3-9)8(12)13-6/h2,7H,3H2,1H3. The Labute approximate surface area is 83.7 Å². The second-order valence-corrected chi connectivity index (χ2v) is 2.72. The maximum Gasteiger partial charge on any atom is 0.264 e. The Kier molecular flexibility index (Phi) is 3.57. The number of methoxy groups -OCH3 is 1. The lowest BCUT2D eigenvalue weighted by molar-refractivity contribution is 0.149. The Morgan fingerprint density at radius 3 is 2.64 bits per heavy atom. The Hall–Kier alpha value is -0.970. The average Bonchev–Trinajstić information content (AvgIpc) is 2.16. The molecule has 0 N–H and O–H groups in total. The zero-order valence-corrected chi connectivity index (χ0v) is 7.99. The van der Waals surface area contributed by atoms with Gasteiger partial charge in [-0.3, -0.25) is 0 Å². The molecule has 0 fully saturated rings. The molecule has 78 valence electrons. The van der Waals surface area contributed by atoms with Crippen molar-refractivity contribution in [2.75, 3.05) is 7.11 Å². The number of halogens is 4. The molecule has 0 bridgehead atoms. The fourth-order valence-electron chi connectivity index (χ4n) is 0.967. The van der Waals surface area contributed by atoms with Gasteiger partial charge >= 0.3 is 0 Å². The van der Waals surface area contributed by atoms with Crippen molar-refractivity contribution in [2.45, 2.75) is 12.3 Å². The minimum absolute atomic E-state index is 0.188. The molecule has 0 unspecified atom stereocenters. The third-order valence-electron chi connectivity index (χ3n) is 1.66. The van der Waals surface area contributed by atoms with Gasteiger partial charge in [-0.15, -0.1) is 11.6 Å². The number of rotatable bonds is 3. The summed E-state index contributed by atoms with van der Waals surface area (Å²) in [5.41, 5.74) is -0.771. The molecule has 0 atom stereocenters. The summed E-state index contributed by atoms with van der Waals surface area (Å²) in [4.78, 5) is 3.30. The van der Waals surface area contributed by atoms with Gasteiger partial charge in [0.1, 0.15) is 0 Å². The molecule has 1 aromatic rings. The second kappa shape index (κ2) is 4.50. The number of aromatic nitrogens is 1. The fourth-order valence-corrected chi connectivity index (χ4v) is 1.23.